The monoisotopic (exact) mass is 275 g/mol. The summed E-state index contributed by atoms with van der Waals surface area (Å²) >= 11 is 0. The first-order valence-electron chi connectivity index (χ1n) is 7.04. The Hall–Kier alpha value is -1.88. The molecule has 0 bridgehead atoms. The standard InChI is InChI=1S/C15H21N3O2/c1-2-18(10-9-16)12-5-3-11(4-6-12)13-7-8-14(19)17-15(13)20/h3-6,13H,2,7-10,16H2,1H3,(H,17,19,20). The number of nitrogens with zero attached hydrogens (tertiary/aromatic N) is 1. The third-order valence-electron chi connectivity index (χ3n) is 3.68. The molecule has 2 rings (SSSR count). The van der Waals surface area contributed by atoms with Gasteiger partial charge in [-0.1, -0.05) is 12.1 Å². The first kappa shape index (κ1) is 14.5. The molecule has 3 N–H and O–H groups in total. The molecular weight excluding hydrogens is 254 g/mol. The first-order chi connectivity index (χ1) is 9.65. The molecule has 1 aromatic rings. The zero-order chi connectivity index (χ0) is 14.5. The van der Waals surface area contributed by atoms with Crippen molar-refractivity contribution in [1.82, 2.24) is 5.32 Å². The topological polar surface area (TPSA) is 75.4 Å². The molecule has 108 valence electrons. The van der Waals surface area contributed by atoms with E-state index in [0.29, 0.717) is 19.4 Å². The summed E-state index contributed by atoms with van der Waals surface area (Å²) in [4.78, 5) is 25.2. The second kappa shape index (κ2) is 6.52. The number of nitrogens with one attached hydrogen (secondary N) is 1. The van der Waals surface area contributed by atoms with Gasteiger partial charge in [0.1, 0.15) is 0 Å². The van der Waals surface area contributed by atoms with Gasteiger partial charge in [0.15, 0.2) is 0 Å². The number of hydrogen-bond donors (Lipinski definition) is 2. The summed E-state index contributed by atoms with van der Waals surface area (Å²) in [5.41, 5.74) is 7.66. The van der Waals surface area contributed by atoms with Gasteiger partial charge in [-0.25, -0.2) is 0 Å². The summed E-state index contributed by atoms with van der Waals surface area (Å²) in [5, 5.41) is 2.39. The highest BCUT2D eigenvalue weighted by molar-refractivity contribution is 6.00. The molecule has 1 aliphatic heterocycles. The summed E-state index contributed by atoms with van der Waals surface area (Å²) < 4.78 is 0. The Morgan fingerprint density at radius 3 is 2.55 bits per heavy atom. The molecule has 0 aromatic heterocycles. The molecule has 0 radical (unpaired) electrons. The van der Waals surface area contributed by atoms with Crippen molar-refractivity contribution in [2.75, 3.05) is 24.5 Å². The van der Waals surface area contributed by atoms with Crippen molar-refractivity contribution in [2.24, 2.45) is 5.73 Å². The molecule has 20 heavy (non-hydrogen) atoms. The van der Waals surface area contributed by atoms with Crippen LogP contribution in [0.3, 0.4) is 0 Å². The van der Waals surface area contributed by atoms with E-state index in [4.69, 9.17) is 5.73 Å². The Morgan fingerprint density at radius 2 is 2.00 bits per heavy atom. The molecule has 2 amide bonds. The van der Waals surface area contributed by atoms with Crippen LogP contribution in [0.15, 0.2) is 24.3 Å². The number of rotatable bonds is 5. The van der Waals surface area contributed by atoms with Crippen LogP contribution < -0.4 is 16.0 Å². The molecule has 1 heterocycles. The summed E-state index contributed by atoms with van der Waals surface area (Å²) in [6, 6.07) is 7.96. The average molecular weight is 275 g/mol. The third kappa shape index (κ3) is 3.17. The molecule has 5 nitrogen and oxygen atoms in total. The number of benzene rings is 1. The number of amides is 2. The molecular formula is C15H21N3O2. The van der Waals surface area contributed by atoms with Crippen LogP contribution in [0.2, 0.25) is 0 Å². The van der Waals surface area contributed by atoms with Gasteiger partial charge < -0.3 is 10.6 Å². The minimum absolute atomic E-state index is 0.178. The number of carbonyl (C=O) groups excluding carboxylic acids is 2. The predicted octanol–water partition coefficient (Wildman–Crippen LogP) is 0.992. The lowest BCUT2D eigenvalue weighted by atomic mass is 9.90. The van der Waals surface area contributed by atoms with Gasteiger partial charge in [0.25, 0.3) is 0 Å². The van der Waals surface area contributed by atoms with Crippen LogP contribution in [0.5, 0.6) is 0 Å². The molecule has 0 spiro atoms. The lowest BCUT2D eigenvalue weighted by molar-refractivity contribution is -0.134. The van der Waals surface area contributed by atoms with Gasteiger partial charge in [-0.05, 0) is 31.0 Å². The highest BCUT2D eigenvalue weighted by Gasteiger charge is 2.27. The molecule has 1 aliphatic rings. The molecule has 0 aliphatic carbocycles. The van der Waals surface area contributed by atoms with Crippen LogP contribution >= 0.6 is 0 Å². The lowest BCUT2D eigenvalue weighted by Crippen LogP contribution is -2.39. The molecule has 0 saturated carbocycles. The zero-order valence-corrected chi connectivity index (χ0v) is 11.8. The maximum atomic E-state index is 11.8. The van der Waals surface area contributed by atoms with E-state index < -0.39 is 0 Å². The van der Waals surface area contributed by atoms with E-state index in [1.807, 2.05) is 24.3 Å². The Labute approximate surface area is 119 Å². The second-order valence-corrected chi connectivity index (χ2v) is 4.96. The van der Waals surface area contributed by atoms with E-state index in [1.54, 1.807) is 0 Å². The summed E-state index contributed by atoms with van der Waals surface area (Å²) in [6.45, 7) is 4.41. The van der Waals surface area contributed by atoms with Crippen LogP contribution in [0.4, 0.5) is 5.69 Å². The van der Waals surface area contributed by atoms with Crippen molar-refractivity contribution in [1.29, 1.82) is 0 Å². The van der Waals surface area contributed by atoms with Gasteiger partial charge in [-0.2, -0.15) is 0 Å². The molecule has 1 aromatic carbocycles. The van der Waals surface area contributed by atoms with Gasteiger partial charge in [0, 0.05) is 31.7 Å². The van der Waals surface area contributed by atoms with Crippen molar-refractivity contribution < 1.29 is 9.59 Å². The van der Waals surface area contributed by atoms with Crippen molar-refractivity contribution in [3.8, 4) is 0 Å². The molecule has 1 atom stereocenters. The second-order valence-electron chi connectivity index (χ2n) is 4.96. The van der Waals surface area contributed by atoms with Gasteiger partial charge in [-0.15, -0.1) is 0 Å². The van der Waals surface area contributed by atoms with Crippen molar-refractivity contribution >= 4 is 17.5 Å². The fourth-order valence-corrected chi connectivity index (χ4v) is 2.55. The molecule has 5 heteroatoms. The fraction of sp³-hybridized carbons (Fsp3) is 0.467. The number of likely N-dealkylation sites (N-methyl/N-ethyl adjacent to an activating group) is 1. The highest BCUT2D eigenvalue weighted by Crippen LogP contribution is 2.26. The largest absolute Gasteiger partial charge is 0.371 e. The van der Waals surface area contributed by atoms with Crippen LogP contribution in [0, 0.1) is 0 Å². The Balaban J connectivity index is 2.11. The SMILES string of the molecule is CCN(CCN)c1ccc(C2CCC(=O)NC2=O)cc1. The zero-order valence-electron chi connectivity index (χ0n) is 11.8. The summed E-state index contributed by atoms with van der Waals surface area (Å²) in [7, 11) is 0. The van der Waals surface area contributed by atoms with Crippen molar-refractivity contribution in [3.63, 3.8) is 0 Å². The highest BCUT2D eigenvalue weighted by atomic mass is 16.2. The van der Waals surface area contributed by atoms with Gasteiger partial charge in [-0.3, -0.25) is 14.9 Å². The summed E-state index contributed by atoms with van der Waals surface area (Å²) in [6.07, 6.45) is 0.997. The Morgan fingerprint density at radius 1 is 1.30 bits per heavy atom. The maximum absolute atomic E-state index is 11.8. The third-order valence-corrected chi connectivity index (χ3v) is 3.68. The number of piperidine rings is 1. The number of carbonyl (C=O) groups is 2. The van der Waals surface area contributed by atoms with E-state index in [9.17, 15) is 9.59 Å². The van der Waals surface area contributed by atoms with E-state index in [0.717, 1.165) is 24.3 Å². The number of anilines is 1. The number of hydrogen-bond acceptors (Lipinski definition) is 4. The van der Waals surface area contributed by atoms with Crippen LogP contribution in [0.25, 0.3) is 0 Å². The minimum atomic E-state index is -0.216. The smallest absolute Gasteiger partial charge is 0.234 e. The van der Waals surface area contributed by atoms with E-state index in [-0.39, 0.29) is 17.7 Å². The normalized spacial score (nSPS) is 18.8. The van der Waals surface area contributed by atoms with Gasteiger partial charge >= 0.3 is 0 Å². The number of nitrogens with two attached hydrogens (primary N) is 1. The Bertz CT molecular complexity index is 484. The van der Waals surface area contributed by atoms with Gasteiger partial charge in [0.05, 0.1) is 5.92 Å². The molecule has 1 unspecified atom stereocenters. The van der Waals surface area contributed by atoms with Crippen LogP contribution in [0.1, 0.15) is 31.2 Å². The van der Waals surface area contributed by atoms with Crippen LogP contribution in [-0.2, 0) is 9.59 Å². The Kier molecular flexibility index (Phi) is 4.74. The quantitative estimate of drug-likeness (QED) is 0.786. The fourth-order valence-electron chi connectivity index (χ4n) is 2.55. The van der Waals surface area contributed by atoms with Crippen molar-refractivity contribution in [3.05, 3.63) is 29.8 Å². The molecule has 1 fully saturated rings. The summed E-state index contributed by atoms with van der Waals surface area (Å²) in [5.74, 6) is -0.586. The average Bonchev–Trinajstić information content (AvgIpc) is 2.45. The van der Waals surface area contributed by atoms with E-state index in [1.165, 1.54) is 0 Å². The minimum Gasteiger partial charge on any atom is -0.371 e. The maximum Gasteiger partial charge on any atom is 0.234 e. The van der Waals surface area contributed by atoms with Crippen LogP contribution in [-0.4, -0.2) is 31.4 Å². The van der Waals surface area contributed by atoms with Crippen molar-refractivity contribution in [2.45, 2.75) is 25.7 Å². The van der Waals surface area contributed by atoms with Gasteiger partial charge in [0.2, 0.25) is 11.8 Å². The predicted molar refractivity (Wildman–Crippen MR) is 78.5 cm³/mol. The van der Waals surface area contributed by atoms with E-state index in [2.05, 4.69) is 17.1 Å². The lowest BCUT2D eigenvalue weighted by Gasteiger charge is -2.24. The molecule has 1 saturated heterocycles. The van der Waals surface area contributed by atoms with E-state index >= 15 is 0 Å². The number of imide groups is 1. The first-order valence-corrected chi connectivity index (χ1v) is 7.04.